The molecule has 32 heavy (non-hydrogen) atoms. The predicted octanol–water partition coefficient (Wildman–Crippen LogP) is 4.73. The Balaban J connectivity index is 1.82. The van der Waals surface area contributed by atoms with Gasteiger partial charge in [-0.1, -0.05) is 59.6 Å². The minimum Gasteiger partial charge on any atom is -0.494 e. The lowest BCUT2D eigenvalue weighted by Crippen LogP contribution is -2.21. The molecule has 0 saturated carbocycles. The van der Waals surface area contributed by atoms with Crippen LogP contribution in [0.4, 0.5) is 0 Å². The van der Waals surface area contributed by atoms with Crippen LogP contribution in [0.3, 0.4) is 0 Å². The summed E-state index contributed by atoms with van der Waals surface area (Å²) in [4.78, 5) is 25.6. The number of hydrogen-bond acceptors (Lipinski definition) is 4. The third kappa shape index (κ3) is 3.88. The molecule has 0 atom stereocenters. The van der Waals surface area contributed by atoms with Gasteiger partial charge < -0.3 is 5.11 Å². The van der Waals surface area contributed by atoms with Crippen LogP contribution in [0.5, 0.6) is 5.88 Å². The standard InChI is InChI=1S/C25H20ClN3O3/c1-15-11-12-22(16(2)13-15)29-24(31)18-8-4-3-7-17(18)20(25(29)32)14-27-28-23(30)19-9-5-6-10-21(19)26/h3-14,32H,1-2H3,(H,28,30)/b27-14+. The molecule has 1 heterocycles. The second-order valence-corrected chi connectivity index (χ2v) is 7.80. The summed E-state index contributed by atoms with van der Waals surface area (Å²) in [5, 5.41) is 16.3. The smallest absolute Gasteiger partial charge is 0.272 e. The summed E-state index contributed by atoms with van der Waals surface area (Å²) in [5.41, 5.74) is 5.11. The highest BCUT2D eigenvalue weighted by Crippen LogP contribution is 2.27. The quantitative estimate of drug-likeness (QED) is 0.352. The van der Waals surface area contributed by atoms with Gasteiger partial charge in [0.2, 0.25) is 5.88 Å². The van der Waals surface area contributed by atoms with E-state index in [1.165, 1.54) is 10.8 Å². The number of fused-ring (bicyclic) bond motifs is 1. The molecule has 0 radical (unpaired) electrons. The fourth-order valence-corrected chi connectivity index (χ4v) is 3.85. The molecule has 6 nitrogen and oxygen atoms in total. The number of hydrazone groups is 1. The third-order valence-electron chi connectivity index (χ3n) is 5.17. The zero-order valence-electron chi connectivity index (χ0n) is 17.5. The van der Waals surface area contributed by atoms with E-state index in [-0.39, 0.29) is 17.0 Å². The number of nitrogens with zero attached hydrogens (tertiary/aromatic N) is 2. The SMILES string of the molecule is Cc1ccc(-n2c(O)c(/C=N/NC(=O)c3ccccc3Cl)c3ccccc3c2=O)c(C)c1. The molecule has 4 aromatic rings. The lowest BCUT2D eigenvalue weighted by Gasteiger charge is -2.16. The average Bonchev–Trinajstić information content (AvgIpc) is 2.77. The van der Waals surface area contributed by atoms with E-state index in [0.717, 1.165) is 11.1 Å². The minimum atomic E-state index is -0.488. The monoisotopic (exact) mass is 445 g/mol. The van der Waals surface area contributed by atoms with Crippen molar-refractivity contribution in [1.29, 1.82) is 0 Å². The number of aromatic hydroxyl groups is 1. The van der Waals surface area contributed by atoms with Gasteiger partial charge in [0.05, 0.1) is 28.1 Å². The Morgan fingerprint density at radius 2 is 1.72 bits per heavy atom. The molecule has 0 aliphatic carbocycles. The molecule has 0 aliphatic heterocycles. The Bertz CT molecular complexity index is 1440. The number of hydrogen-bond donors (Lipinski definition) is 2. The Labute approximate surface area is 189 Å². The molecular weight excluding hydrogens is 426 g/mol. The van der Waals surface area contributed by atoms with E-state index in [1.807, 2.05) is 26.0 Å². The molecule has 1 aromatic heterocycles. The molecule has 1 amide bonds. The Morgan fingerprint density at radius 3 is 2.44 bits per heavy atom. The number of rotatable bonds is 4. The van der Waals surface area contributed by atoms with Gasteiger partial charge in [0.25, 0.3) is 11.5 Å². The lowest BCUT2D eigenvalue weighted by molar-refractivity contribution is 0.0955. The van der Waals surface area contributed by atoms with Crippen molar-refractivity contribution in [2.45, 2.75) is 13.8 Å². The number of amides is 1. The van der Waals surface area contributed by atoms with Crippen molar-refractivity contribution in [3.05, 3.63) is 104 Å². The number of halogens is 1. The molecule has 4 rings (SSSR count). The Morgan fingerprint density at radius 1 is 1.03 bits per heavy atom. The first-order valence-corrected chi connectivity index (χ1v) is 10.3. The molecule has 0 fully saturated rings. The van der Waals surface area contributed by atoms with E-state index in [0.29, 0.717) is 27.0 Å². The Kier molecular flexibility index (Phi) is 5.79. The van der Waals surface area contributed by atoms with E-state index in [2.05, 4.69) is 10.5 Å². The van der Waals surface area contributed by atoms with Crippen LogP contribution >= 0.6 is 11.6 Å². The summed E-state index contributed by atoms with van der Waals surface area (Å²) in [6, 6.07) is 19.2. The van der Waals surface area contributed by atoms with Crippen molar-refractivity contribution in [2.75, 3.05) is 0 Å². The first kappa shape index (κ1) is 21.3. The number of pyridine rings is 1. The predicted molar refractivity (Wildman–Crippen MR) is 127 cm³/mol. The molecular formula is C25H20ClN3O3. The van der Waals surface area contributed by atoms with Crippen LogP contribution in [0.15, 0.2) is 76.6 Å². The van der Waals surface area contributed by atoms with Crippen molar-refractivity contribution in [2.24, 2.45) is 5.10 Å². The summed E-state index contributed by atoms with van der Waals surface area (Å²) in [5.74, 6) is -0.755. The van der Waals surface area contributed by atoms with Crippen LogP contribution in [0.25, 0.3) is 16.5 Å². The first-order chi connectivity index (χ1) is 15.4. The van der Waals surface area contributed by atoms with Crippen molar-refractivity contribution >= 4 is 34.5 Å². The number of carbonyl (C=O) groups excluding carboxylic acids is 1. The largest absolute Gasteiger partial charge is 0.494 e. The zero-order valence-corrected chi connectivity index (χ0v) is 18.2. The summed E-state index contributed by atoms with van der Waals surface area (Å²) in [6.07, 6.45) is 1.33. The van der Waals surface area contributed by atoms with Gasteiger partial charge in [-0.15, -0.1) is 0 Å². The van der Waals surface area contributed by atoms with E-state index < -0.39 is 5.91 Å². The number of aromatic nitrogens is 1. The van der Waals surface area contributed by atoms with Crippen molar-refractivity contribution < 1.29 is 9.90 Å². The topological polar surface area (TPSA) is 83.7 Å². The fraction of sp³-hybridized carbons (Fsp3) is 0.0800. The highest BCUT2D eigenvalue weighted by molar-refractivity contribution is 6.33. The first-order valence-electron chi connectivity index (χ1n) is 9.90. The molecule has 0 bridgehead atoms. The van der Waals surface area contributed by atoms with Gasteiger partial charge in [-0.3, -0.25) is 9.59 Å². The molecule has 3 aromatic carbocycles. The second-order valence-electron chi connectivity index (χ2n) is 7.39. The van der Waals surface area contributed by atoms with E-state index in [9.17, 15) is 14.7 Å². The lowest BCUT2D eigenvalue weighted by atomic mass is 10.1. The number of nitrogens with one attached hydrogen (secondary N) is 1. The van der Waals surface area contributed by atoms with Crippen LogP contribution in [-0.2, 0) is 0 Å². The summed E-state index contributed by atoms with van der Waals surface area (Å²) in [7, 11) is 0. The normalized spacial score (nSPS) is 11.2. The fourth-order valence-electron chi connectivity index (χ4n) is 3.63. The maximum absolute atomic E-state index is 13.2. The minimum absolute atomic E-state index is 0.267. The van der Waals surface area contributed by atoms with Gasteiger partial charge >= 0.3 is 0 Å². The van der Waals surface area contributed by atoms with Gasteiger partial charge in [-0.2, -0.15) is 5.10 Å². The van der Waals surface area contributed by atoms with E-state index in [4.69, 9.17) is 11.6 Å². The molecule has 0 unspecified atom stereocenters. The molecule has 0 saturated heterocycles. The maximum Gasteiger partial charge on any atom is 0.272 e. The number of benzene rings is 3. The van der Waals surface area contributed by atoms with Gasteiger partial charge in [0.1, 0.15) is 0 Å². The maximum atomic E-state index is 13.2. The Hall–Kier alpha value is -3.90. The summed E-state index contributed by atoms with van der Waals surface area (Å²) >= 11 is 6.06. The van der Waals surface area contributed by atoms with Crippen LogP contribution in [0.2, 0.25) is 5.02 Å². The third-order valence-corrected chi connectivity index (χ3v) is 5.50. The molecule has 0 aliphatic rings. The van der Waals surface area contributed by atoms with Crippen LogP contribution in [0, 0.1) is 13.8 Å². The van der Waals surface area contributed by atoms with E-state index >= 15 is 0 Å². The van der Waals surface area contributed by atoms with Gasteiger partial charge in [-0.05, 0) is 43.7 Å². The molecule has 0 spiro atoms. The van der Waals surface area contributed by atoms with Gasteiger partial charge in [0.15, 0.2) is 0 Å². The molecule has 7 heteroatoms. The van der Waals surface area contributed by atoms with Gasteiger partial charge in [0, 0.05) is 10.8 Å². The van der Waals surface area contributed by atoms with Crippen molar-refractivity contribution in [1.82, 2.24) is 9.99 Å². The summed E-state index contributed by atoms with van der Waals surface area (Å²) < 4.78 is 1.26. The highest BCUT2D eigenvalue weighted by Gasteiger charge is 2.17. The van der Waals surface area contributed by atoms with Crippen molar-refractivity contribution in [3.8, 4) is 11.6 Å². The second kappa shape index (κ2) is 8.69. The molecule has 2 N–H and O–H groups in total. The number of carbonyl (C=O) groups is 1. The van der Waals surface area contributed by atoms with Crippen molar-refractivity contribution in [3.63, 3.8) is 0 Å². The number of aryl methyl sites for hydroxylation is 2. The van der Waals surface area contributed by atoms with Gasteiger partial charge in [-0.25, -0.2) is 9.99 Å². The van der Waals surface area contributed by atoms with Crippen LogP contribution < -0.4 is 11.0 Å². The zero-order chi connectivity index (χ0) is 22.8. The van der Waals surface area contributed by atoms with Crippen LogP contribution in [0.1, 0.15) is 27.0 Å². The highest BCUT2D eigenvalue weighted by atomic mass is 35.5. The molecule has 160 valence electrons. The van der Waals surface area contributed by atoms with E-state index in [1.54, 1.807) is 54.6 Å². The summed E-state index contributed by atoms with van der Waals surface area (Å²) in [6.45, 7) is 3.83. The van der Waals surface area contributed by atoms with Crippen LogP contribution in [-0.4, -0.2) is 21.8 Å². The average molecular weight is 446 g/mol.